The van der Waals surface area contributed by atoms with E-state index in [1.54, 1.807) is 13.1 Å². The van der Waals surface area contributed by atoms with Crippen LogP contribution in [-0.2, 0) is 4.79 Å². The average molecular weight is 389 g/mol. The molecule has 1 amide bonds. The first kappa shape index (κ1) is 17.4. The zero-order valence-electron chi connectivity index (χ0n) is 15.8. The van der Waals surface area contributed by atoms with E-state index in [1.807, 2.05) is 23.1 Å². The molecule has 29 heavy (non-hydrogen) atoms. The fourth-order valence-electron chi connectivity index (χ4n) is 4.44. The summed E-state index contributed by atoms with van der Waals surface area (Å²) >= 11 is 0. The summed E-state index contributed by atoms with van der Waals surface area (Å²) in [6.07, 6.45) is 3.35. The highest BCUT2D eigenvalue weighted by molar-refractivity contribution is 5.81. The number of aromatic amines is 1. The maximum Gasteiger partial charge on any atom is 0.219 e. The number of carbonyl (C=O) groups excluding carboxylic acids is 1. The van der Waals surface area contributed by atoms with E-state index in [1.165, 1.54) is 0 Å². The molecule has 1 fully saturated rings. The van der Waals surface area contributed by atoms with Gasteiger partial charge >= 0.3 is 0 Å². The Balaban J connectivity index is 1.61. The highest BCUT2D eigenvalue weighted by atomic mass is 16.6. The van der Waals surface area contributed by atoms with Crippen LogP contribution in [-0.4, -0.2) is 44.4 Å². The molecule has 2 aliphatic rings. The van der Waals surface area contributed by atoms with E-state index in [0.29, 0.717) is 29.7 Å². The number of piperidine rings is 1. The molecule has 1 saturated heterocycles. The van der Waals surface area contributed by atoms with Crippen LogP contribution in [0.3, 0.4) is 0 Å². The first-order valence-corrected chi connectivity index (χ1v) is 9.58. The minimum absolute atomic E-state index is 0.0912. The second-order valence-electron chi connectivity index (χ2n) is 7.46. The number of nitrogens with one attached hydrogen (secondary N) is 2. The van der Waals surface area contributed by atoms with Crippen LogP contribution in [0, 0.1) is 17.2 Å². The van der Waals surface area contributed by atoms with E-state index >= 15 is 0 Å². The second-order valence-corrected chi connectivity index (χ2v) is 7.46. The van der Waals surface area contributed by atoms with Gasteiger partial charge in [0.2, 0.25) is 5.91 Å². The number of hydrogen-bond acceptors (Lipinski definition) is 7. The summed E-state index contributed by atoms with van der Waals surface area (Å²) in [5, 5.41) is 28.8. The van der Waals surface area contributed by atoms with Crippen molar-refractivity contribution >= 4 is 22.8 Å². The van der Waals surface area contributed by atoms with Crippen molar-refractivity contribution in [2.24, 2.45) is 5.92 Å². The van der Waals surface area contributed by atoms with Gasteiger partial charge in [0.1, 0.15) is 16.9 Å². The molecule has 2 aliphatic heterocycles. The van der Waals surface area contributed by atoms with Crippen molar-refractivity contribution in [1.29, 1.82) is 5.26 Å². The molecular weight excluding hydrogens is 370 g/mol. The van der Waals surface area contributed by atoms with Crippen LogP contribution in [0.1, 0.15) is 36.8 Å². The minimum Gasteiger partial charge on any atom is -0.343 e. The Hall–Kier alpha value is -3.67. The number of hydrogen-bond donors (Lipinski definition) is 2. The molecule has 1 atom stereocenters. The van der Waals surface area contributed by atoms with E-state index in [-0.39, 0.29) is 17.7 Å². The fraction of sp³-hybridized carbons (Fsp3) is 0.350. The van der Waals surface area contributed by atoms with Gasteiger partial charge in [0.25, 0.3) is 0 Å². The van der Waals surface area contributed by atoms with Crippen LogP contribution in [0.4, 0.5) is 5.82 Å². The van der Waals surface area contributed by atoms with E-state index < -0.39 is 0 Å². The van der Waals surface area contributed by atoms with Gasteiger partial charge in [-0.3, -0.25) is 9.89 Å². The van der Waals surface area contributed by atoms with Crippen molar-refractivity contribution in [3.63, 3.8) is 0 Å². The molecule has 9 nitrogen and oxygen atoms in total. The van der Waals surface area contributed by atoms with Gasteiger partial charge in [0.05, 0.1) is 23.8 Å². The summed E-state index contributed by atoms with van der Waals surface area (Å²) in [5.74, 6) is 0.722. The summed E-state index contributed by atoms with van der Waals surface area (Å²) in [6.45, 7) is 2.97. The Morgan fingerprint density at radius 1 is 1.28 bits per heavy atom. The third-order valence-corrected chi connectivity index (χ3v) is 5.92. The SMILES string of the molecule is CC(=O)N1CCC(C2=C(C#N)C(c3cccc4nonc34)c3cn[nH]c3N2)CC1. The van der Waals surface area contributed by atoms with Crippen LogP contribution < -0.4 is 5.32 Å². The number of rotatable bonds is 2. The summed E-state index contributed by atoms with van der Waals surface area (Å²) in [6, 6.07) is 8.12. The van der Waals surface area contributed by atoms with Crippen LogP contribution in [0.5, 0.6) is 0 Å². The summed E-state index contributed by atoms with van der Waals surface area (Å²) in [7, 11) is 0. The molecule has 0 bridgehead atoms. The molecular formula is C20H19N7O2. The zero-order chi connectivity index (χ0) is 20.0. The highest BCUT2D eigenvalue weighted by Gasteiger charge is 2.36. The second kappa shape index (κ2) is 6.74. The number of allylic oxidation sites excluding steroid dienone is 2. The molecule has 1 aromatic carbocycles. The third kappa shape index (κ3) is 2.76. The lowest BCUT2D eigenvalue weighted by atomic mass is 9.78. The van der Waals surface area contributed by atoms with Gasteiger partial charge in [-0.05, 0) is 34.8 Å². The van der Waals surface area contributed by atoms with E-state index in [0.717, 1.165) is 35.5 Å². The van der Waals surface area contributed by atoms with E-state index in [9.17, 15) is 10.1 Å². The molecule has 3 aromatic rings. The molecule has 5 rings (SSSR count). The standard InChI is InChI=1S/C20H19N7O2/c1-11(28)27-7-5-12(6-8-27)18-14(9-21)17(15-10-22-24-20(15)23-18)13-3-2-4-16-19(13)26-29-25-16/h2-4,10,12,17H,5-8H2,1H3,(H2,22,23,24). The van der Waals surface area contributed by atoms with Crippen molar-refractivity contribution in [2.75, 3.05) is 18.4 Å². The van der Waals surface area contributed by atoms with Gasteiger partial charge in [-0.2, -0.15) is 10.4 Å². The number of aromatic nitrogens is 4. The van der Waals surface area contributed by atoms with Crippen molar-refractivity contribution in [2.45, 2.75) is 25.7 Å². The molecule has 2 aromatic heterocycles. The maximum atomic E-state index is 11.7. The molecule has 0 saturated carbocycles. The number of H-pyrrole nitrogens is 1. The van der Waals surface area contributed by atoms with Gasteiger partial charge in [-0.25, -0.2) is 4.63 Å². The van der Waals surface area contributed by atoms with Crippen molar-refractivity contribution < 1.29 is 9.42 Å². The smallest absolute Gasteiger partial charge is 0.219 e. The summed E-state index contributed by atoms with van der Waals surface area (Å²) in [4.78, 5) is 13.5. The number of nitriles is 1. The Labute approximate surface area is 166 Å². The van der Waals surface area contributed by atoms with Gasteiger partial charge in [0, 0.05) is 37.2 Å². The van der Waals surface area contributed by atoms with Crippen LogP contribution in [0.15, 0.2) is 40.3 Å². The maximum absolute atomic E-state index is 11.7. The van der Waals surface area contributed by atoms with Gasteiger partial charge < -0.3 is 10.2 Å². The molecule has 0 aliphatic carbocycles. The number of anilines is 1. The number of likely N-dealkylation sites (tertiary alicyclic amines) is 1. The normalized spacial score (nSPS) is 19.7. The molecule has 4 heterocycles. The largest absolute Gasteiger partial charge is 0.343 e. The van der Waals surface area contributed by atoms with Crippen molar-refractivity contribution in [3.05, 3.63) is 46.8 Å². The first-order valence-electron chi connectivity index (χ1n) is 9.58. The number of amides is 1. The predicted molar refractivity (Wildman–Crippen MR) is 103 cm³/mol. The quantitative estimate of drug-likeness (QED) is 0.690. The highest BCUT2D eigenvalue weighted by Crippen LogP contribution is 2.45. The summed E-state index contributed by atoms with van der Waals surface area (Å²) in [5.41, 5.74) is 4.59. The topological polar surface area (TPSA) is 124 Å². The Morgan fingerprint density at radius 2 is 2.10 bits per heavy atom. The van der Waals surface area contributed by atoms with Crippen LogP contribution >= 0.6 is 0 Å². The van der Waals surface area contributed by atoms with E-state index in [2.05, 4.69) is 31.9 Å². The van der Waals surface area contributed by atoms with Gasteiger partial charge in [-0.1, -0.05) is 12.1 Å². The third-order valence-electron chi connectivity index (χ3n) is 5.92. The first-order chi connectivity index (χ1) is 14.2. The van der Waals surface area contributed by atoms with Gasteiger partial charge in [0.15, 0.2) is 0 Å². The lowest BCUT2D eigenvalue weighted by Crippen LogP contribution is -2.39. The van der Waals surface area contributed by atoms with E-state index in [4.69, 9.17) is 4.63 Å². The van der Waals surface area contributed by atoms with Crippen molar-refractivity contribution in [1.82, 2.24) is 25.4 Å². The lowest BCUT2D eigenvalue weighted by Gasteiger charge is -2.36. The molecule has 0 spiro atoms. The van der Waals surface area contributed by atoms with Gasteiger partial charge in [-0.15, -0.1) is 0 Å². The van der Waals surface area contributed by atoms with Crippen LogP contribution in [0.25, 0.3) is 11.0 Å². The number of fused-ring (bicyclic) bond motifs is 2. The number of nitrogens with zero attached hydrogens (tertiary/aromatic N) is 5. The molecule has 9 heteroatoms. The van der Waals surface area contributed by atoms with Crippen molar-refractivity contribution in [3.8, 4) is 6.07 Å². The Morgan fingerprint density at radius 3 is 2.86 bits per heavy atom. The molecule has 2 N–H and O–H groups in total. The summed E-state index contributed by atoms with van der Waals surface area (Å²) < 4.78 is 4.94. The Kier molecular flexibility index (Phi) is 4.05. The zero-order valence-corrected chi connectivity index (χ0v) is 15.8. The number of benzene rings is 1. The number of carbonyl (C=O) groups is 1. The predicted octanol–water partition coefficient (Wildman–Crippen LogP) is 2.54. The Bertz CT molecular complexity index is 1160. The van der Waals surface area contributed by atoms with Crippen LogP contribution in [0.2, 0.25) is 0 Å². The molecule has 0 radical (unpaired) electrons. The minimum atomic E-state index is -0.313. The average Bonchev–Trinajstić information content (AvgIpc) is 3.41. The molecule has 1 unspecified atom stereocenters. The monoisotopic (exact) mass is 389 g/mol. The molecule has 146 valence electrons. The fourth-order valence-corrected chi connectivity index (χ4v) is 4.44. The lowest BCUT2D eigenvalue weighted by molar-refractivity contribution is -0.130.